The summed E-state index contributed by atoms with van der Waals surface area (Å²) in [6.07, 6.45) is -0.397. The summed E-state index contributed by atoms with van der Waals surface area (Å²) in [7, 11) is -4.04. The van der Waals surface area contributed by atoms with Gasteiger partial charge in [-0.1, -0.05) is 53.6 Å². The highest BCUT2D eigenvalue weighted by atomic mass is 35.5. The number of nitrogens with zero attached hydrogens (tertiary/aromatic N) is 1. The van der Waals surface area contributed by atoms with Gasteiger partial charge in [0.05, 0.1) is 22.2 Å². The Morgan fingerprint density at radius 3 is 2.42 bits per heavy atom. The van der Waals surface area contributed by atoms with Gasteiger partial charge >= 0.3 is 0 Å². The van der Waals surface area contributed by atoms with Crippen LogP contribution >= 0.6 is 11.6 Å². The van der Waals surface area contributed by atoms with E-state index in [9.17, 15) is 13.2 Å². The van der Waals surface area contributed by atoms with Crippen molar-refractivity contribution in [3.05, 3.63) is 83.4 Å². The Bertz CT molecular complexity index is 1250. The van der Waals surface area contributed by atoms with Crippen LogP contribution in [0.3, 0.4) is 0 Å². The molecule has 7 nitrogen and oxygen atoms in total. The molecule has 0 aliphatic carbocycles. The van der Waals surface area contributed by atoms with Crippen molar-refractivity contribution < 1.29 is 22.7 Å². The summed E-state index contributed by atoms with van der Waals surface area (Å²) in [5.41, 5.74) is 1.15. The molecule has 0 saturated carbocycles. The second-order valence-electron chi connectivity index (χ2n) is 7.58. The molecule has 1 amide bonds. The SMILES string of the molecule is Cc1ccc(S(=O)(=O)N(CC(=O)NCC2COc3ccccc3O2)c2ccccc2Cl)cc1. The van der Waals surface area contributed by atoms with E-state index >= 15 is 0 Å². The zero-order chi connectivity index (χ0) is 23.4. The van der Waals surface area contributed by atoms with Gasteiger partial charge in [-0.2, -0.15) is 0 Å². The highest BCUT2D eigenvalue weighted by Gasteiger charge is 2.29. The van der Waals surface area contributed by atoms with Gasteiger partial charge in [0.1, 0.15) is 19.3 Å². The van der Waals surface area contributed by atoms with E-state index in [-0.39, 0.29) is 28.8 Å². The molecule has 1 atom stereocenters. The van der Waals surface area contributed by atoms with E-state index in [0.717, 1.165) is 9.87 Å². The van der Waals surface area contributed by atoms with Gasteiger partial charge in [-0.3, -0.25) is 9.10 Å². The third-order valence-corrected chi connectivity index (χ3v) is 7.21. The number of para-hydroxylation sites is 3. The van der Waals surface area contributed by atoms with E-state index in [1.165, 1.54) is 12.1 Å². The van der Waals surface area contributed by atoms with Gasteiger partial charge in [-0.15, -0.1) is 0 Å². The van der Waals surface area contributed by atoms with Gasteiger partial charge in [0.25, 0.3) is 10.0 Å². The van der Waals surface area contributed by atoms with Gasteiger partial charge in [0.2, 0.25) is 5.91 Å². The predicted molar refractivity (Wildman–Crippen MR) is 127 cm³/mol. The summed E-state index contributed by atoms with van der Waals surface area (Å²) in [4.78, 5) is 12.9. The first-order chi connectivity index (χ1) is 15.8. The summed E-state index contributed by atoms with van der Waals surface area (Å²) in [5, 5.41) is 2.97. The van der Waals surface area contributed by atoms with Crippen molar-refractivity contribution in [1.82, 2.24) is 5.32 Å². The first-order valence-electron chi connectivity index (χ1n) is 10.3. The molecular formula is C24H23ClN2O5S. The Labute approximate surface area is 197 Å². The molecule has 0 spiro atoms. The van der Waals surface area contributed by atoms with Crippen molar-refractivity contribution in [2.24, 2.45) is 0 Å². The highest BCUT2D eigenvalue weighted by molar-refractivity contribution is 7.92. The second-order valence-corrected chi connectivity index (χ2v) is 9.85. The van der Waals surface area contributed by atoms with Crippen molar-refractivity contribution in [3.8, 4) is 11.5 Å². The summed E-state index contributed by atoms with van der Waals surface area (Å²) in [6.45, 7) is 1.86. The number of sulfonamides is 1. The van der Waals surface area contributed by atoms with Crippen LogP contribution in [-0.2, 0) is 14.8 Å². The molecule has 9 heteroatoms. The number of fused-ring (bicyclic) bond motifs is 1. The summed E-state index contributed by atoms with van der Waals surface area (Å²) in [5.74, 6) is 0.755. The fourth-order valence-corrected chi connectivity index (χ4v) is 5.10. The Kier molecular flexibility index (Phi) is 6.76. The largest absolute Gasteiger partial charge is 0.486 e. The van der Waals surface area contributed by atoms with Gasteiger partial charge in [0.15, 0.2) is 11.5 Å². The number of hydrogen-bond acceptors (Lipinski definition) is 5. The number of aryl methyl sites for hydroxylation is 1. The maximum atomic E-state index is 13.4. The fourth-order valence-electron chi connectivity index (χ4n) is 3.37. The number of amides is 1. The van der Waals surface area contributed by atoms with E-state index < -0.39 is 28.6 Å². The number of benzene rings is 3. The number of hydrogen-bond donors (Lipinski definition) is 1. The van der Waals surface area contributed by atoms with Crippen molar-refractivity contribution >= 4 is 33.2 Å². The van der Waals surface area contributed by atoms with E-state index in [0.29, 0.717) is 11.5 Å². The predicted octanol–water partition coefficient (Wildman–Crippen LogP) is 3.80. The molecule has 0 bridgehead atoms. The lowest BCUT2D eigenvalue weighted by Gasteiger charge is -2.28. The Morgan fingerprint density at radius 1 is 1.03 bits per heavy atom. The van der Waals surface area contributed by atoms with Crippen molar-refractivity contribution in [1.29, 1.82) is 0 Å². The molecule has 0 fully saturated rings. The van der Waals surface area contributed by atoms with Gasteiger partial charge in [0, 0.05) is 0 Å². The first-order valence-corrected chi connectivity index (χ1v) is 12.2. The van der Waals surface area contributed by atoms with E-state index in [1.807, 2.05) is 25.1 Å². The molecule has 4 rings (SSSR count). The fraction of sp³-hybridized carbons (Fsp3) is 0.208. The number of carbonyl (C=O) groups excluding carboxylic acids is 1. The van der Waals surface area contributed by atoms with Gasteiger partial charge < -0.3 is 14.8 Å². The van der Waals surface area contributed by atoms with Crippen LogP contribution in [0.4, 0.5) is 5.69 Å². The lowest BCUT2D eigenvalue weighted by atomic mass is 10.2. The zero-order valence-electron chi connectivity index (χ0n) is 17.9. The molecule has 33 heavy (non-hydrogen) atoms. The Balaban J connectivity index is 1.50. The molecule has 3 aromatic carbocycles. The highest BCUT2D eigenvalue weighted by Crippen LogP contribution is 2.31. The van der Waals surface area contributed by atoms with Gasteiger partial charge in [-0.05, 0) is 43.3 Å². The second kappa shape index (κ2) is 9.72. The third kappa shape index (κ3) is 5.23. The van der Waals surface area contributed by atoms with Crippen molar-refractivity contribution in [2.75, 3.05) is 24.0 Å². The summed E-state index contributed by atoms with van der Waals surface area (Å²) >= 11 is 6.29. The van der Waals surface area contributed by atoms with Crippen LogP contribution in [-0.4, -0.2) is 40.1 Å². The standard InChI is InChI=1S/C24H23ClN2O5S/c1-17-10-12-19(13-11-17)33(29,30)27(21-7-3-2-6-20(21)25)15-24(28)26-14-18-16-31-22-8-4-5-9-23(22)32-18/h2-13,18H,14-16H2,1H3,(H,26,28). The minimum atomic E-state index is -4.04. The van der Waals surface area contributed by atoms with E-state index in [1.54, 1.807) is 42.5 Å². The minimum absolute atomic E-state index is 0.0708. The molecule has 172 valence electrons. The average molecular weight is 487 g/mol. The van der Waals surface area contributed by atoms with E-state index in [4.69, 9.17) is 21.1 Å². The maximum Gasteiger partial charge on any atom is 0.264 e. The topological polar surface area (TPSA) is 84.9 Å². The van der Waals surface area contributed by atoms with Crippen LogP contribution < -0.4 is 19.1 Å². The summed E-state index contributed by atoms with van der Waals surface area (Å²) in [6, 6.07) is 20.2. The van der Waals surface area contributed by atoms with Crippen LogP contribution in [0.1, 0.15) is 5.56 Å². The molecular weight excluding hydrogens is 464 g/mol. The number of ether oxygens (including phenoxy) is 2. The number of anilines is 1. The number of nitrogens with one attached hydrogen (secondary N) is 1. The van der Waals surface area contributed by atoms with Crippen molar-refractivity contribution in [3.63, 3.8) is 0 Å². The number of halogens is 1. The monoisotopic (exact) mass is 486 g/mol. The van der Waals surface area contributed by atoms with Crippen LogP contribution in [0.25, 0.3) is 0 Å². The molecule has 1 N–H and O–H groups in total. The quantitative estimate of drug-likeness (QED) is 0.549. The maximum absolute atomic E-state index is 13.4. The number of carbonyl (C=O) groups is 1. The zero-order valence-corrected chi connectivity index (χ0v) is 19.5. The molecule has 1 aliphatic heterocycles. The molecule has 1 heterocycles. The van der Waals surface area contributed by atoms with Crippen LogP contribution in [0, 0.1) is 6.92 Å². The molecule has 0 aromatic heterocycles. The molecule has 1 unspecified atom stereocenters. The third-order valence-electron chi connectivity index (χ3n) is 5.11. The average Bonchev–Trinajstić information content (AvgIpc) is 2.82. The van der Waals surface area contributed by atoms with Crippen LogP contribution in [0.5, 0.6) is 11.5 Å². The lowest BCUT2D eigenvalue weighted by Crippen LogP contribution is -2.45. The van der Waals surface area contributed by atoms with Crippen molar-refractivity contribution in [2.45, 2.75) is 17.9 Å². The smallest absolute Gasteiger partial charge is 0.264 e. The molecule has 0 radical (unpaired) electrons. The lowest BCUT2D eigenvalue weighted by molar-refractivity contribution is -0.120. The molecule has 0 saturated heterocycles. The van der Waals surface area contributed by atoms with Crippen LogP contribution in [0.15, 0.2) is 77.7 Å². The van der Waals surface area contributed by atoms with Crippen LogP contribution in [0.2, 0.25) is 5.02 Å². The minimum Gasteiger partial charge on any atom is -0.486 e. The Hall–Kier alpha value is -3.23. The van der Waals surface area contributed by atoms with E-state index in [2.05, 4.69) is 5.32 Å². The summed E-state index contributed by atoms with van der Waals surface area (Å²) < 4.78 is 39.4. The first kappa shape index (κ1) is 22.9. The Morgan fingerprint density at radius 2 is 1.70 bits per heavy atom. The van der Waals surface area contributed by atoms with Gasteiger partial charge in [-0.25, -0.2) is 8.42 Å². The molecule has 1 aliphatic rings. The normalized spacial score (nSPS) is 15.0. The number of rotatable bonds is 7. The molecule has 3 aromatic rings.